The van der Waals surface area contributed by atoms with Gasteiger partial charge in [0.05, 0.1) is 12.3 Å². The van der Waals surface area contributed by atoms with Crippen molar-refractivity contribution < 1.29 is 9.21 Å². The van der Waals surface area contributed by atoms with Crippen molar-refractivity contribution in [1.82, 2.24) is 15.1 Å². The second-order valence-electron chi connectivity index (χ2n) is 6.51. The Kier molecular flexibility index (Phi) is 5.33. The predicted octanol–water partition coefficient (Wildman–Crippen LogP) is 3.41. The SMILES string of the molecule is O=C(Cn1nc(-c2ccco2)ccc1=O)NC(c1ccccc1)c1ccccc1. The Hall–Kier alpha value is -3.93. The molecule has 4 rings (SSSR count). The van der Waals surface area contributed by atoms with E-state index in [1.807, 2.05) is 60.7 Å². The number of nitrogens with zero attached hydrogens (tertiary/aromatic N) is 2. The minimum absolute atomic E-state index is 0.191. The molecule has 0 bridgehead atoms. The van der Waals surface area contributed by atoms with E-state index in [9.17, 15) is 9.59 Å². The molecule has 2 heterocycles. The summed E-state index contributed by atoms with van der Waals surface area (Å²) in [7, 11) is 0. The summed E-state index contributed by atoms with van der Waals surface area (Å²) in [6, 6.07) is 25.5. The van der Waals surface area contributed by atoms with E-state index in [1.165, 1.54) is 12.3 Å². The third-order valence-electron chi connectivity index (χ3n) is 4.50. The molecule has 144 valence electrons. The first kappa shape index (κ1) is 18.4. The average Bonchev–Trinajstić information content (AvgIpc) is 3.30. The van der Waals surface area contributed by atoms with Gasteiger partial charge in [-0.3, -0.25) is 9.59 Å². The van der Waals surface area contributed by atoms with Crippen LogP contribution in [0.15, 0.2) is 100 Å². The molecule has 2 aromatic carbocycles. The smallest absolute Gasteiger partial charge is 0.267 e. The lowest BCUT2D eigenvalue weighted by atomic mass is 9.99. The lowest BCUT2D eigenvalue weighted by Crippen LogP contribution is -2.36. The molecule has 6 nitrogen and oxygen atoms in total. The fraction of sp³-hybridized carbons (Fsp3) is 0.0870. The van der Waals surface area contributed by atoms with Crippen molar-refractivity contribution in [3.8, 4) is 11.5 Å². The molecule has 1 N–H and O–H groups in total. The molecule has 0 spiro atoms. The topological polar surface area (TPSA) is 77.1 Å². The van der Waals surface area contributed by atoms with Crippen LogP contribution >= 0.6 is 0 Å². The number of furan rings is 1. The van der Waals surface area contributed by atoms with Crippen LogP contribution in [0.3, 0.4) is 0 Å². The van der Waals surface area contributed by atoms with Gasteiger partial charge in [0.1, 0.15) is 12.2 Å². The van der Waals surface area contributed by atoms with Gasteiger partial charge in [0, 0.05) is 6.07 Å². The number of rotatable bonds is 6. The zero-order valence-corrected chi connectivity index (χ0v) is 15.6. The molecule has 1 amide bonds. The van der Waals surface area contributed by atoms with Crippen LogP contribution in [0.1, 0.15) is 17.2 Å². The Morgan fingerprint density at radius 1 is 0.897 bits per heavy atom. The maximum atomic E-state index is 12.8. The zero-order chi connectivity index (χ0) is 20.1. The lowest BCUT2D eigenvalue weighted by molar-refractivity contribution is -0.122. The van der Waals surface area contributed by atoms with Crippen molar-refractivity contribution >= 4 is 5.91 Å². The Balaban J connectivity index is 1.58. The van der Waals surface area contributed by atoms with Crippen molar-refractivity contribution in [2.75, 3.05) is 0 Å². The van der Waals surface area contributed by atoms with Gasteiger partial charge in [0.15, 0.2) is 5.76 Å². The van der Waals surface area contributed by atoms with E-state index >= 15 is 0 Å². The molecular formula is C23H19N3O3. The summed E-state index contributed by atoms with van der Waals surface area (Å²) >= 11 is 0. The first-order chi connectivity index (χ1) is 14.2. The minimum Gasteiger partial charge on any atom is -0.463 e. The number of hydrogen-bond acceptors (Lipinski definition) is 4. The Morgan fingerprint density at radius 3 is 2.14 bits per heavy atom. The summed E-state index contributed by atoms with van der Waals surface area (Å²) in [5.41, 5.74) is 2.05. The van der Waals surface area contributed by atoms with Crippen molar-refractivity contribution in [2.24, 2.45) is 0 Å². The number of aromatic nitrogens is 2. The van der Waals surface area contributed by atoms with Crippen LogP contribution in [0.25, 0.3) is 11.5 Å². The molecular weight excluding hydrogens is 366 g/mol. The Labute approximate surface area is 167 Å². The number of benzene rings is 2. The van der Waals surface area contributed by atoms with Crippen molar-refractivity contribution in [2.45, 2.75) is 12.6 Å². The van der Waals surface area contributed by atoms with E-state index in [2.05, 4.69) is 10.4 Å². The van der Waals surface area contributed by atoms with Gasteiger partial charge < -0.3 is 9.73 Å². The van der Waals surface area contributed by atoms with Gasteiger partial charge in [-0.2, -0.15) is 5.10 Å². The van der Waals surface area contributed by atoms with Crippen molar-refractivity contribution in [3.05, 3.63) is 113 Å². The minimum atomic E-state index is -0.355. The molecule has 0 aliphatic rings. The molecule has 0 aliphatic carbocycles. The highest BCUT2D eigenvalue weighted by Gasteiger charge is 2.17. The number of nitrogens with one attached hydrogen (secondary N) is 1. The van der Waals surface area contributed by atoms with Gasteiger partial charge in [-0.15, -0.1) is 0 Å². The third-order valence-corrected chi connectivity index (χ3v) is 4.50. The molecule has 0 fully saturated rings. The number of amides is 1. The Morgan fingerprint density at radius 2 is 1.55 bits per heavy atom. The van der Waals surface area contributed by atoms with Crippen LogP contribution < -0.4 is 10.9 Å². The molecule has 6 heteroatoms. The second-order valence-corrected chi connectivity index (χ2v) is 6.51. The molecule has 0 unspecified atom stereocenters. The van der Waals surface area contributed by atoms with Crippen molar-refractivity contribution in [1.29, 1.82) is 0 Å². The number of carbonyl (C=O) groups excluding carboxylic acids is 1. The average molecular weight is 385 g/mol. The van der Waals surface area contributed by atoms with Gasteiger partial charge in [-0.05, 0) is 29.3 Å². The fourth-order valence-corrected chi connectivity index (χ4v) is 3.11. The highest BCUT2D eigenvalue weighted by atomic mass is 16.3. The molecule has 0 aliphatic heterocycles. The molecule has 2 aromatic heterocycles. The van der Waals surface area contributed by atoms with Gasteiger partial charge in [0.25, 0.3) is 5.56 Å². The van der Waals surface area contributed by atoms with Gasteiger partial charge in [-0.25, -0.2) is 4.68 Å². The number of carbonyl (C=O) groups is 1. The van der Waals surface area contributed by atoms with Crippen LogP contribution in [0.5, 0.6) is 0 Å². The normalized spacial score (nSPS) is 10.8. The van der Waals surface area contributed by atoms with Crippen LogP contribution in [0.2, 0.25) is 0 Å². The van der Waals surface area contributed by atoms with Gasteiger partial charge in [-0.1, -0.05) is 60.7 Å². The molecule has 0 saturated carbocycles. The van der Waals surface area contributed by atoms with E-state index in [4.69, 9.17) is 4.42 Å². The van der Waals surface area contributed by atoms with E-state index < -0.39 is 0 Å². The quantitative estimate of drug-likeness (QED) is 0.552. The highest BCUT2D eigenvalue weighted by molar-refractivity contribution is 5.76. The summed E-state index contributed by atoms with van der Waals surface area (Å²) in [5, 5.41) is 7.27. The van der Waals surface area contributed by atoms with Gasteiger partial charge >= 0.3 is 0 Å². The summed E-state index contributed by atoms with van der Waals surface area (Å²) in [6.07, 6.45) is 1.53. The van der Waals surface area contributed by atoms with Crippen LogP contribution in [0.4, 0.5) is 0 Å². The van der Waals surface area contributed by atoms with E-state index in [1.54, 1.807) is 18.2 Å². The monoisotopic (exact) mass is 385 g/mol. The van der Waals surface area contributed by atoms with E-state index in [-0.39, 0.29) is 24.1 Å². The first-order valence-corrected chi connectivity index (χ1v) is 9.22. The number of hydrogen-bond donors (Lipinski definition) is 1. The summed E-state index contributed by atoms with van der Waals surface area (Å²) in [4.78, 5) is 25.0. The third kappa shape index (κ3) is 4.32. The molecule has 29 heavy (non-hydrogen) atoms. The van der Waals surface area contributed by atoms with Crippen molar-refractivity contribution in [3.63, 3.8) is 0 Å². The second kappa shape index (κ2) is 8.39. The standard InChI is InChI=1S/C23H19N3O3/c27-21(16-26-22(28)14-13-19(25-26)20-12-7-15-29-20)24-23(17-8-3-1-4-9-17)18-10-5-2-6-11-18/h1-15,23H,16H2,(H,24,27). The van der Waals surface area contributed by atoms with Crippen LogP contribution in [-0.4, -0.2) is 15.7 Å². The largest absolute Gasteiger partial charge is 0.463 e. The first-order valence-electron chi connectivity index (χ1n) is 9.22. The fourth-order valence-electron chi connectivity index (χ4n) is 3.11. The predicted molar refractivity (Wildman–Crippen MR) is 109 cm³/mol. The summed E-state index contributed by atoms with van der Waals surface area (Å²) in [5.74, 6) is 0.222. The molecule has 0 radical (unpaired) electrons. The maximum Gasteiger partial charge on any atom is 0.267 e. The zero-order valence-electron chi connectivity index (χ0n) is 15.6. The molecule has 0 saturated heterocycles. The summed E-state index contributed by atoms with van der Waals surface area (Å²) in [6.45, 7) is -0.191. The maximum absolute atomic E-state index is 12.8. The van der Waals surface area contributed by atoms with E-state index in [0.29, 0.717) is 11.5 Å². The Bertz CT molecular complexity index is 1100. The van der Waals surface area contributed by atoms with Gasteiger partial charge in [0.2, 0.25) is 5.91 Å². The van der Waals surface area contributed by atoms with Crippen LogP contribution in [-0.2, 0) is 11.3 Å². The van der Waals surface area contributed by atoms with E-state index in [0.717, 1.165) is 15.8 Å². The molecule has 0 atom stereocenters. The molecule has 4 aromatic rings. The van der Waals surface area contributed by atoms with Crippen LogP contribution in [0, 0.1) is 0 Å². The highest BCUT2D eigenvalue weighted by Crippen LogP contribution is 2.21. The lowest BCUT2D eigenvalue weighted by Gasteiger charge is -2.20. The summed E-state index contributed by atoms with van der Waals surface area (Å²) < 4.78 is 6.46.